The highest BCUT2D eigenvalue weighted by atomic mass is 35.5. The zero-order chi connectivity index (χ0) is 16.9. The number of benzene rings is 1. The molecule has 22 heavy (non-hydrogen) atoms. The predicted molar refractivity (Wildman–Crippen MR) is 87.2 cm³/mol. The van der Waals surface area contributed by atoms with Crippen molar-refractivity contribution in [2.75, 3.05) is 20.2 Å². The molecule has 0 bridgehead atoms. The molecule has 1 N–H and O–H groups in total. The highest BCUT2D eigenvalue weighted by molar-refractivity contribution is 6.32. The van der Waals surface area contributed by atoms with Crippen LogP contribution in [0.5, 0.6) is 5.75 Å². The van der Waals surface area contributed by atoms with E-state index in [1.807, 2.05) is 33.8 Å². The molecule has 0 saturated carbocycles. The van der Waals surface area contributed by atoms with Gasteiger partial charge in [-0.1, -0.05) is 17.7 Å². The van der Waals surface area contributed by atoms with E-state index in [1.54, 1.807) is 19.2 Å². The molecule has 0 spiro atoms. The molecule has 0 aliphatic rings. The van der Waals surface area contributed by atoms with Crippen LogP contribution in [0, 0.1) is 6.92 Å². The van der Waals surface area contributed by atoms with Gasteiger partial charge in [-0.05, 0) is 45.4 Å². The van der Waals surface area contributed by atoms with Gasteiger partial charge in [0.05, 0.1) is 11.6 Å². The molecule has 0 aliphatic heterocycles. The normalized spacial score (nSPS) is 11.0. The monoisotopic (exact) mass is 326 g/mol. The van der Waals surface area contributed by atoms with Gasteiger partial charge >= 0.3 is 0 Å². The molecule has 0 atom stereocenters. The molecule has 1 aromatic carbocycles. The lowest BCUT2D eigenvalue weighted by molar-refractivity contribution is -0.136. The summed E-state index contributed by atoms with van der Waals surface area (Å²) in [5, 5.41) is 3.25. The van der Waals surface area contributed by atoms with E-state index in [4.69, 9.17) is 16.3 Å². The molecular formula is C16H23ClN2O3. The summed E-state index contributed by atoms with van der Waals surface area (Å²) in [6.07, 6.45) is 0. The maximum Gasteiger partial charge on any atom is 0.260 e. The molecule has 0 aromatic heterocycles. The molecule has 5 nitrogen and oxygen atoms in total. The third-order valence-corrected chi connectivity index (χ3v) is 3.07. The summed E-state index contributed by atoms with van der Waals surface area (Å²) in [6.45, 7) is 7.39. The number of nitrogens with zero attached hydrogens (tertiary/aromatic N) is 1. The number of carbonyl (C=O) groups excluding carboxylic acids is 2. The van der Waals surface area contributed by atoms with E-state index < -0.39 is 0 Å². The SMILES string of the molecule is Cc1ccc(Cl)c(OCC(=O)N(C)CC(=O)NC(C)(C)C)c1. The van der Waals surface area contributed by atoms with Gasteiger partial charge in [0.1, 0.15) is 5.75 Å². The van der Waals surface area contributed by atoms with Crippen molar-refractivity contribution in [2.45, 2.75) is 33.2 Å². The first-order valence-electron chi connectivity index (χ1n) is 7.02. The van der Waals surface area contributed by atoms with Crippen molar-refractivity contribution in [3.63, 3.8) is 0 Å². The lowest BCUT2D eigenvalue weighted by Crippen LogP contribution is -2.47. The quantitative estimate of drug-likeness (QED) is 0.904. The average molecular weight is 327 g/mol. The highest BCUT2D eigenvalue weighted by Crippen LogP contribution is 2.25. The van der Waals surface area contributed by atoms with Crippen LogP contribution in [0.4, 0.5) is 0 Å². The molecule has 1 aromatic rings. The summed E-state index contributed by atoms with van der Waals surface area (Å²) in [4.78, 5) is 25.1. The Labute approximate surface area is 136 Å². The van der Waals surface area contributed by atoms with E-state index >= 15 is 0 Å². The van der Waals surface area contributed by atoms with Crippen LogP contribution in [0.2, 0.25) is 5.02 Å². The molecule has 0 saturated heterocycles. The second kappa shape index (κ2) is 7.49. The van der Waals surface area contributed by atoms with Gasteiger partial charge in [-0.3, -0.25) is 9.59 Å². The number of ether oxygens (including phenoxy) is 1. The molecule has 6 heteroatoms. The number of nitrogens with one attached hydrogen (secondary N) is 1. The van der Waals surface area contributed by atoms with Crippen LogP contribution in [0.3, 0.4) is 0 Å². The van der Waals surface area contributed by atoms with Crippen molar-refractivity contribution in [3.8, 4) is 5.75 Å². The lowest BCUT2D eigenvalue weighted by Gasteiger charge is -2.23. The Kier molecular flexibility index (Phi) is 6.23. The van der Waals surface area contributed by atoms with E-state index in [2.05, 4.69) is 5.32 Å². The van der Waals surface area contributed by atoms with Crippen LogP contribution < -0.4 is 10.1 Å². The smallest absolute Gasteiger partial charge is 0.260 e. The summed E-state index contributed by atoms with van der Waals surface area (Å²) >= 11 is 6.00. The summed E-state index contributed by atoms with van der Waals surface area (Å²) in [7, 11) is 1.56. The Morgan fingerprint density at radius 3 is 2.55 bits per heavy atom. The largest absolute Gasteiger partial charge is 0.482 e. The highest BCUT2D eigenvalue weighted by Gasteiger charge is 2.18. The van der Waals surface area contributed by atoms with Crippen molar-refractivity contribution in [1.82, 2.24) is 10.2 Å². The van der Waals surface area contributed by atoms with Gasteiger partial charge in [0.25, 0.3) is 5.91 Å². The van der Waals surface area contributed by atoms with Gasteiger partial charge in [0.15, 0.2) is 6.61 Å². The van der Waals surface area contributed by atoms with E-state index in [-0.39, 0.29) is 30.5 Å². The van der Waals surface area contributed by atoms with Crippen molar-refractivity contribution < 1.29 is 14.3 Å². The van der Waals surface area contributed by atoms with Crippen molar-refractivity contribution in [3.05, 3.63) is 28.8 Å². The molecule has 0 radical (unpaired) electrons. The van der Waals surface area contributed by atoms with Crippen molar-refractivity contribution in [2.24, 2.45) is 0 Å². The van der Waals surface area contributed by atoms with Crippen LogP contribution in [0.25, 0.3) is 0 Å². The standard InChI is InChI=1S/C16H23ClN2O3/c1-11-6-7-12(17)13(8-11)22-10-15(21)19(5)9-14(20)18-16(2,3)4/h6-8H,9-10H2,1-5H3,(H,18,20). The fourth-order valence-corrected chi connectivity index (χ4v) is 1.90. The minimum absolute atomic E-state index is 0.0129. The van der Waals surface area contributed by atoms with Crippen LogP contribution in [-0.4, -0.2) is 42.5 Å². The Bertz CT molecular complexity index is 553. The van der Waals surface area contributed by atoms with Crippen LogP contribution in [0.15, 0.2) is 18.2 Å². The second-order valence-corrected chi connectivity index (χ2v) is 6.68. The fraction of sp³-hybridized carbons (Fsp3) is 0.500. The molecule has 0 heterocycles. The number of aryl methyl sites for hydroxylation is 1. The molecule has 1 rings (SSSR count). The Hall–Kier alpha value is -1.75. The van der Waals surface area contributed by atoms with Gasteiger partial charge in [-0.25, -0.2) is 0 Å². The maximum absolute atomic E-state index is 12.0. The van der Waals surface area contributed by atoms with E-state index in [0.29, 0.717) is 10.8 Å². The van der Waals surface area contributed by atoms with Crippen molar-refractivity contribution >= 4 is 23.4 Å². The van der Waals surface area contributed by atoms with E-state index in [0.717, 1.165) is 5.56 Å². The minimum Gasteiger partial charge on any atom is -0.482 e. The number of hydrogen-bond donors (Lipinski definition) is 1. The van der Waals surface area contributed by atoms with E-state index in [9.17, 15) is 9.59 Å². The van der Waals surface area contributed by atoms with Crippen molar-refractivity contribution in [1.29, 1.82) is 0 Å². The molecule has 0 aliphatic carbocycles. The number of hydrogen-bond acceptors (Lipinski definition) is 3. The van der Waals surface area contributed by atoms with Crippen LogP contribution in [-0.2, 0) is 9.59 Å². The molecule has 122 valence electrons. The van der Waals surface area contributed by atoms with E-state index in [1.165, 1.54) is 4.90 Å². The van der Waals surface area contributed by atoms with Gasteiger partial charge in [-0.15, -0.1) is 0 Å². The number of likely N-dealkylation sites (N-methyl/N-ethyl adjacent to an activating group) is 1. The topological polar surface area (TPSA) is 58.6 Å². The number of carbonyl (C=O) groups is 2. The van der Waals surface area contributed by atoms with Gasteiger partial charge in [-0.2, -0.15) is 0 Å². The summed E-state index contributed by atoms with van der Waals surface area (Å²) in [5.74, 6) is -0.0406. The minimum atomic E-state index is -0.327. The first-order valence-corrected chi connectivity index (χ1v) is 7.40. The average Bonchev–Trinajstić information content (AvgIpc) is 2.37. The number of rotatable bonds is 5. The summed E-state index contributed by atoms with van der Waals surface area (Å²) in [5.41, 5.74) is 0.664. The second-order valence-electron chi connectivity index (χ2n) is 6.27. The Morgan fingerprint density at radius 2 is 1.95 bits per heavy atom. The molecule has 2 amide bonds. The zero-order valence-electron chi connectivity index (χ0n) is 13.7. The maximum atomic E-state index is 12.0. The third-order valence-electron chi connectivity index (χ3n) is 2.76. The lowest BCUT2D eigenvalue weighted by atomic mass is 10.1. The first kappa shape index (κ1) is 18.3. The van der Waals surface area contributed by atoms with Gasteiger partial charge in [0.2, 0.25) is 5.91 Å². The van der Waals surface area contributed by atoms with Gasteiger partial charge < -0.3 is 15.0 Å². The number of amides is 2. The first-order chi connectivity index (χ1) is 10.1. The zero-order valence-corrected chi connectivity index (χ0v) is 14.5. The predicted octanol–water partition coefficient (Wildman–Crippen LogP) is 2.40. The molecule has 0 unspecified atom stereocenters. The fourth-order valence-electron chi connectivity index (χ4n) is 1.73. The molecule has 0 fully saturated rings. The Balaban J connectivity index is 2.51. The third kappa shape index (κ3) is 6.35. The molecular weight excluding hydrogens is 304 g/mol. The Morgan fingerprint density at radius 1 is 1.32 bits per heavy atom. The van der Waals surface area contributed by atoms with Gasteiger partial charge in [0, 0.05) is 12.6 Å². The summed E-state index contributed by atoms with van der Waals surface area (Å²) < 4.78 is 5.43. The number of halogens is 1. The van der Waals surface area contributed by atoms with Crippen LogP contribution >= 0.6 is 11.6 Å². The van der Waals surface area contributed by atoms with Crippen LogP contribution in [0.1, 0.15) is 26.3 Å². The summed E-state index contributed by atoms with van der Waals surface area (Å²) in [6, 6.07) is 5.35.